The second-order valence-electron chi connectivity index (χ2n) is 6.96. The Bertz CT molecular complexity index is 1340. The van der Waals surface area contributed by atoms with Gasteiger partial charge in [-0.25, -0.2) is 9.97 Å². The van der Waals surface area contributed by atoms with Crippen LogP contribution in [0.3, 0.4) is 0 Å². The summed E-state index contributed by atoms with van der Waals surface area (Å²) in [6.07, 6.45) is 5.12. The van der Waals surface area contributed by atoms with Crippen molar-refractivity contribution in [1.29, 1.82) is 0 Å². The number of pyridine rings is 1. The highest BCUT2D eigenvalue weighted by Gasteiger charge is 2.10. The van der Waals surface area contributed by atoms with Crippen molar-refractivity contribution >= 4 is 40.4 Å². The van der Waals surface area contributed by atoms with E-state index in [0.717, 1.165) is 11.1 Å². The Morgan fingerprint density at radius 3 is 2.43 bits per heavy atom. The van der Waals surface area contributed by atoms with Crippen molar-refractivity contribution < 1.29 is 4.79 Å². The van der Waals surface area contributed by atoms with Crippen molar-refractivity contribution in [1.82, 2.24) is 14.5 Å². The first-order valence-electron chi connectivity index (χ1n) is 9.35. The summed E-state index contributed by atoms with van der Waals surface area (Å²) in [6.45, 7) is 1.91. The normalized spacial score (nSPS) is 11.3. The summed E-state index contributed by atoms with van der Waals surface area (Å²) < 4.78 is 1.54. The molecule has 0 aliphatic carbocycles. The fraction of sp³-hybridized carbons (Fsp3) is 0.0833. The number of aryl methyl sites for hydroxylation is 1. The minimum atomic E-state index is -0.122. The van der Waals surface area contributed by atoms with E-state index in [1.165, 1.54) is 10.8 Å². The van der Waals surface area contributed by atoms with E-state index in [4.69, 9.17) is 11.6 Å². The van der Waals surface area contributed by atoms with E-state index in [1.54, 1.807) is 37.4 Å². The van der Waals surface area contributed by atoms with Gasteiger partial charge in [-0.15, -0.1) is 0 Å². The van der Waals surface area contributed by atoms with Crippen LogP contribution in [0.25, 0.3) is 23.1 Å². The number of aromatic nitrogens is 3. The summed E-state index contributed by atoms with van der Waals surface area (Å²) >= 11 is 5.77. The first-order chi connectivity index (χ1) is 14.4. The van der Waals surface area contributed by atoms with E-state index in [1.807, 2.05) is 43.3 Å². The molecule has 0 radical (unpaired) electrons. The lowest BCUT2D eigenvalue weighted by molar-refractivity contribution is 0.103. The molecule has 4 aromatic rings. The average molecular weight is 416 g/mol. The van der Waals surface area contributed by atoms with Gasteiger partial charge in [-0.3, -0.25) is 14.2 Å². The molecule has 6 heteroatoms. The molecule has 0 unspecified atom stereocenters. The van der Waals surface area contributed by atoms with E-state index in [0.29, 0.717) is 33.0 Å². The minimum Gasteiger partial charge on any atom is -0.296 e. The van der Waals surface area contributed by atoms with Gasteiger partial charge in [0.1, 0.15) is 11.0 Å². The number of carbonyl (C=O) groups excluding carboxylic acids is 1. The Morgan fingerprint density at radius 2 is 1.73 bits per heavy atom. The monoisotopic (exact) mass is 415 g/mol. The molecule has 0 saturated heterocycles. The fourth-order valence-electron chi connectivity index (χ4n) is 3.24. The van der Waals surface area contributed by atoms with E-state index in [2.05, 4.69) is 9.97 Å². The van der Waals surface area contributed by atoms with E-state index in [-0.39, 0.29) is 11.3 Å². The summed E-state index contributed by atoms with van der Waals surface area (Å²) in [4.78, 5) is 33.8. The molecule has 4 rings (SSSR count). The Morgan fingerprint density at radius 1 is 1.00 bits per heavy atom. The summed E-state index contributed by atoms with van der Waals surface area (Å²) in [5.74, 6) is 0.439. The number of nitrogens with zero attached hydrogens (tertiary/aromatic N) is 3. The van der Waals surface area contributed by atoms with Crippen LogP contribution >= 0.6 is 11.6 Å². The molecule has 2 heterocycles. The highest BCUT2D eigenvalue weighted by atomic mass is 35.5. The predicted octanol–water partition coefficient (Wildman–Crippen LogP) is 4.69. The highest BCUT2D eigenvalue weighted by Crippen LogP contribution is 2.16. The Balaban J connectivity index is 1.61. The molecule has 0 saturated carbocycles. The van der Waals surface area contributed by atoms with Crippen LogP contribution in [-0.4, -0.2) is 20.3 Å². The lowest BCUT2D eigenvalue weighted by atomic mass is 10.0. The molecule has 0 amide bonds. The number of ketones is 1. The van der Waals surface area contributed by atoms with Gasteiger partial charge in [-0.05, 0) is 42.3 Å². The third kappa shape index (κ3) is 3.80. The van der Waals surface area contributed by atoms with E-state index in [9.17, 15) is 9.59 Å². The van der Waals surface area contributed by atoms with Gasteiger partial charge in [-0.1, -0.05) is 54.1 Å². The van der Waals surface area contributed by atoms with Crippen LogP contribution in [0.5, 0.6) is 0 Å². The number of rotatable bonds is 4. The SMILES string of the molecule is Cc1cccc2nc(/C=C/c3ccc(C(=O)c4ccc(Cl)nc4)cc3)n(C)c(=O)c12. The zero-order valence-corrected chi connectivity index (χ0v) is 17.2. The maximum Gasteiger partial charge on any atom is 0.261 e. The number of fused-ring (bicyclic) bond motifs is 1. The quantitative estimate of drug-likeness (QED) is 0.358. The molecule has 2 aromatic heterocycles. The third-order valence-electron chi connectivity index (χ3n) is 4.94. The zero-order valence-electron chi connectivity index (χ0n) is 16.5. The number of halogens is 1. The molecule has 0 aliphatic rings. The Labute approximate surface area is 178 Å². The Kier molecular flexibility index (Phi) is 5.29. The molecule has 0 aliphatic heterocycles. The van der Waals surface area contributed by atoms with Gasteiger partial charge in [-0.2, -0.15) is 0 Å². The number of hydrogen-bond donors (Lipinski definition) is 0. The summed E-state index contributed by atoms with van der Waals surface area (Å²) in [6, 6.07) is 16.1. The Hall–Kier alpha value is -3.57. The van der Waals surface area contributed by atoms with E-state index < -0.39 is 0 Å². The predicted molar refractivity (Wildman–Crippen MR) is 120 cm³/mol. The largest absolute Gasteiger partial charge is 0.296 e. The molecule has 0 bridgehead atoms. The van der Waals surface area contributed by atoms with Gasteiger partial charge in [0.15, 0.2) is 5.78 Å². The van der Waals surface area contributed by atoms with Crippen molar-refractivity contribution in [2.24, 2.45) is 7.05 Å². The first-order valence-corrected chi connectivity index (χ1v) is 9.72. The van der Waals surface area contributed by atoms with Crippen molar-refractivity contribution in [3.8, 4) is 0 Å². The first kappa shape index (κ1) is 19.7. The molecule has 0 N–H and O–H groups in total. The zero-order chi connectivity index (χ0) is 21.3. The topological polar surface area (TPSA) is 64.8 Å². The van der Waals surface area contributed by atoms with Crippen LogP contribution < -0.4 is 5.56 Å². The molecular formula is C24H18ClN3O2. The van der Waals surface area contributed by atoms with Gasteiger partial charge in [0.25, 0.3) is 5.56 Å². The second-order valence-corrected chi connectivity index (χ2v) is 7.34. The van der Waals surface area contributed by atoms with Gasteiger partial charge in [0.05, 0.1) is 10.9 Å². The van der Waals surface area contributed by atoms with Gasteiger partial charge in [0, 0.05) is 24.4 Å². The molecule has 148 valence electrons. The molecular weight excluding hydrogens is 398 g/mol. The summed E-state index contributed by atoms with van der Waals surface area (Å²) in [5.41, 5.74) is 3.44. The maximum atomic E-state index is 12.7. The van der Waals surface area contributed by atoms with Crippen molar-refractivity contribution in [3.05, 3.63) is 104 Å². The standard InChI is InChI=1S/C24H18ClN3O2/c1-15-4-3-5-19-22(15)24(30)28(2)21(27-19)13-8-16-6-9-17(10-7-16)23(29)18-11-12-20(25)26-14-18/h3-14H,1-2H3/b13-8+. The molecule has 2 aromatic carbocycles. The van der Waals surface area contributed by atoms with Crippen LogP contribution in [0.2, 0.25) is 5.15 Å². The summed E-state index contributed by atoms with van der Waals surface area (Å²) in [7, 11) is 1.71. The molecule has 0 spiro atoms. The molecule has 0 fully saturated rings. The smallest absolute Gasteiger partial charge is 0.261 e. The second kappa shape index (κ2) is 8.05. The van der Waals surface area contributed by atoms with Crippen molar-refractivity contribution in [2.75, 3.05) is 0 Å². The van der Waals surface area contributed by atoms with Crippen molar-refractivity contribution in [2.45, 2.75) is 6.92 Å². The van der Waals surface area contributed by atoms with Gasteiger partial charge in [0.2, 0.25) is 0 Å². The summed E-state index contributed by atoms with van der Waals surface area (Å²) in [5, 5.41) is 0.982. The van der Waals surface area contributed by atoms with E-state index >= 15 is 0 Å². The van der Waals surface area contributed by atoms with Crippen LogP contribution in [0.1, 0.15) is 32.9 Å². The van der Waals surface area contributed by atoms with Crippen LogP contribution in [0.4, 0.5) is 0 Å². The van der Waals surface area contributed by atoms with Crippen LogP contribution in [0, 0.1) is 6.92 Å². The van der Waals surface area contributed by atoms with Crippen LogP contribution in [0.15, 0.2) is 65.6 Å². The highest BCUT2D eigenvalue weighted by molar-refractivity contribution is 6.29. The average Bonchev–Trinajstić information content (AvgIpc) is 2.75. The number of hydrogen-bond acceptors (Lipinski definition) is 4. The lowest BCUT2D eigenvalue weighted by Gasteiger charge is -2.07. The maximum absolute atomic E-state index is 12.7. The lowest BCUT2D eigenvalue weighted by Crippen LogP contribution is -2.21. The molecule has 5 nitrogen and oxygen atoms in total. The van der Waals surface area contributed by atoms with Gasteiger partial charge < -0.3 is 0 Å². The third-order valence-corrected chi connectivity index (χ3v) is 5.16. The molecule has 30 heavy (non-hydrogen) atoms. The number of carbonyl (C=O) groups is 1. The fourth-order valence-corrected chi connectivity index (χ4v) is 3.35. The van der Waals surface area contributed by atoms with Crippen molar-refractivity contribution in [3.63, 3.8) is 0 Å². The van der Waals surface area contributed by atoms with Gasteiger partial charge >= 0.3 is 0 Å². The van der Waals surface area contributed by atoms with Crippen LogP contribution in [-0.2, 0) is 7.05 Å². The molecule has 0 atom stereocenters. The number of benzene rings is 2. The minimum absolute atomic E-state index is 0.0738.